The number of benzene rings is 1. The molecule has 0 bridgehead atoms. The van der Waals surface area contributed by atoms with Crippen LogP contribution in [0.4, 0.5) is 0 Å². The molecule has 3 rings (SSSR count). The Labute approximate surface area is 139 Å². The highest BCUT2D eigenvalue weighted by Crippen LogP contribution is 2.28. The van der Waals surface area contributed by atoms with Crippen LogP contribution in [0.1, 0.15) is 44.1 Å². The van der Waals surface area contributed by atoms with Gasteiger partial charge in [-0.3, -0.25) is 4.79 Å². The second kappa shape index (κ2) is 7.93. The molecule has 1 saturated heterocycles. The number of hydrogen-bond acceptors (Lipinski definition) is 3. The summed E-state index contributed by atoms with van der Waals surface area (Å²) in [5.41, 5.74) is 7.32. The van der Waals surface area contributed by atoms with E-state index in [0.29, 0.717) is 25.4 Å². The summed E-state index contributed by atoms with van der Waals surface area (Å²) in [6.07, 6.45) is 6.24. The summed E-state index contributed by atoms with van der Waals surface area (Å²) in [6.45, 7) is 2.20. The highest BCUT2D eigenvalue weighted by atomic mass is 16.5. The van der Waals surface area contributed by atoms with Gasteiger partial charge >= 0.3 is 0 Å². The molecule has 4 nitrogen and oxygen atoms in total. The molecule has 0 radical (unpaired) electrons. The Kier molecular flexibility index (Phi) is 5.68. The first-order valence-corrected chi connectivity index (χ1v) is 8.91. The fourth-order valence-electron chi connectivity index (χ4n) is 3.76. The molecule has 1 saturated carbocycles. The van der Waals surface area contributed by atoms with Gasteiger partial charge in [-0.05, 0) is 37.2 Å². The third-order valence-corrected chi connectivity index (χ3v) is 5.17. The molecule has 1 aliphatic carbocycles. The number of hydrogen-bond donors (Lipinski definition) is 1. The molecule has 3 atom stereocenters. The molecule has 2 N–H and O–H groups in total. The summed E-state index contributed by atoms with van der Waals surface area (Å²) in [5.74, 6) is 0.581. The van der Waals surface area contributed by atoms with Crippen molar-refractivity contribution >= 4 is 5.91 Å². The second-order valence-corrected chi connectivity index (χ2v) is 6.95. The zero-order valence-corrected chi connectivity index (χ0v) is 13.8. The van der Waals surface area contributed by atoms with E-state index >= 15 is 0 Å². The molecule has 126 valence electrons. The minimum atomic E-state index is 0.194. The molecule has 1 amide bonds. The Morgan fingerprint density at radius 2 is 2.00 bits per heavy atom. The van der Waals surface area contributed by atoms with Gasteiger partial charge in [0.15, 0.2) is 0 Å². The number of carbonyl (C=O) groups is 1. The molecule has 1 heterocycles. The lowest BCUT2D eigenvalue weighted by Crippen LogP contribution is -2.39. The van der Waals surface area contributed by atoms with Crippen LogP contribution in [0.25, 0.3) is 0 Å². The van der Waals surface area contributed by atoms with Crippen molar-refractivity contribution < 1.29 is 9.53 Å². The summed E-state index contributed by atoms with van der Waals surface area (Å²) in [7, 11) is 0. The summed E-state index contributed by atoms with van der Waals surface area (Å²) >= 11 is 0. The smallest absolute Gasteiger partial charge is 0.223 e. The van der Waals surface area contributed by atoms with Gasteiger partial charge in [0, 0.05) is 32.2 Å². The molecule has 1 aromatic rings. The monoisotopic (exact) mass is 316 g/mol. The Balaban J connectivity index is 1.64. The number of nitrogens with two attached hydrogens (primary N) is 1. The largest absolute Gasteiger partial charge is 0.376 e. The average Bonchev–Trinajstić information content (AvgIpc) is 3.20. The van der Waals surface area contributed by atoms with Crippen LogP contribution in [0.15, 0.2) is 30.3 Å². The van der Waals surface area contributed by atoms with Gasteiger partial charge in [-0.1, -0.05) is 36.8 Å². The molecule has 1 aliphatic heterocycles. The molecule has 2 fully saturated rings. The van der Waals surface area contributed by atoms with Crippen molar-refractivity contribution in [1.82, 2.24) is 4.90 Å². The lowest BCUT2D eigenvalue weighted by molar-refractivity contribution is -0.134. The van der Waals surface area contributed by atoms with E-state index < -0.39 is 0 Å². The van der Waals surface area contributed by atoms with Crippen LogP contribution in [-0.2, 0) is 16.1 Å². The van der Waals surface area contributed by atoms with Crippen LogP contribution >= 0.6 is 0 Å². The fraction of sp³-hybridized carbons (Fsp3) is 0.632. The van der Waals surface area contributed by atoms with Crippen LogP contribution in [0, 0.1) is 5.92 Å². The van der Waals surface area contributed by atoms with Crippen molar-refractivity contribution in [2.24, 2.45) is 11.7 Å². The van der Waals surface area contributed by atoms with Crippen molar-refractivity contribution in [1.29, 1.82) is 0 Å². The topological polar surface area (TPSA) is 55.6 Å². The Hall–Kier alpha value is -1.39. The maximum atomic E-state index is 12.9. The van der Waals surface area contributed by atoms with Gasteiger partial charge in [-0.15, -0.1) is 0 Å². The molecular weight excluding hydrogens is 288 g/mol. The van der Waals surface area contributed by atoms with E-state index in [9.17, 15) is 4.79 Å². The van der Waals surface area contributed by atoms with Gasteiger partial charge in [0.25, 0.3) is 0 Å². The highest BCUT2D eigenvalue weighted by Gasteiger charge is 2.29. The fourth-order valence-corrected chi connectivity index (χ4v) is 3.76. The highest BCUT2D eigenvalue weighted by molar-refractivity contribution is 5.76. The summed E-state index contributed by atoms with van der Waals surface area (Å²) < 4.78 is 5.74. The Morgan fingerprint density at radius 3 is 2.65 bits per heavy atom. The van der Waals surface area contributed by atoms with Gasteiger partial charge in [0.05, 0.1) is 6.10 Å². The Bertz CT molecular complexity index is 499. The molecule has 2 aliphatic rings. The van der Waals surface area contributed by atoms with Gasteiger partial charge in [-0.25, -0.2) is 0 Å². The second-order valence-electron chi connectivity index (χ2n) is 6.95. The van der Waals surface area contributed by atoms with Gasteiger partial charge < -0.3 is 15.4 Å². The predicted molar refractivity (Wildman–Crippen MR) is 90.8 cm³/mol. The Morgan fingerprint density at radius 1 is 1.17 bits per heavy atom. The molecule has 4 heteroatoms. The molecule has 23 heavy (non-hydrogen) atoms. The first-order valence-electron chi connectivity index (χ1n) is 8.91. The van der Waals surface area contributed by atoms with Crippen LogP contribution in [0.5, 0.6) is 0 Å². The van der Waals surface area contributed by atoms with Crippen LogP contribution < -0.4 is 5.73 Å². The molecule has 1 aromatic carbocycles. The van der Waals surface area contributed by atoms with Crippen molar-refractivity contribution in [3.05, 3.63) is 35.9 Å². The molecular formula is C19H28N2O2. The average molecular weight is 316 g/mol. The minimum Gasteiger partial charge on any atom is -0.376 e. The number of ether oxygens (including phenoxy) is 1. The number of rotatable bonds is 6. The minimum absolute atomic E-state index is 0.194. The van der Waals surface area contributed by atoms with Crippen LogP contribution in [0.2, 0.25) is 0 Å². The van der Waals surface area contributed by atoms with Gasteiger partial charge in [0.2, 0.25) is 5.91 Å². The van der Waals surface area contributed by atoms with E-state index in [1.54, 1.807) is 0 Å². The van der Waals surface area contributed by atoms with Crippen LogP contribution in [-0.4, -0.2) is 36.1 Å². The SMILES string of the molecule is N[C@@H]1CCC[C@H]1CC(=O)N(Cc1ccccc1)CC1CCCO1. The lowest BCUT2D eigenvalue weighted by Gasteiger charge is -2.27. The van der Waals surface area contributed by atoms with E-state index in [4.69, 9.17) is 10.5 Å². The zero-order chi connectivity index (χ0) is 16.1. The predicted octanol–water partition coefficient (Wildman–Crippen LogP) is 2.71. The van der Waals surface area contributed by atoms with E-state index in [-0.39, 0.29) is 18.1 Å². The standard InChI is InChI=1S/C19H28N2O2/c20-18-10-4-8-16(18)12-19(22)21(14-17-9-5-11-23-17)13-15-6-2-1-3-7-15/h1-3,6-7,16-18H,4-5,8-14,20H2/t16-,17?,18+/m0/s1. The first kappa shape index (κ1) is 16.5. The van der Waals surface area contributed by atoms with Gasteiger partial charge in [0.1, 0.15) is 0 Å². The van der Waals surface area contributed by atoms with Gasteiger partial charge in [-0.2, -0.15) is 0 Å². The third-order valence-electron chi connectivity index (χ3n) is 5.17. The summed E-state index contributed by atoms with van der Waals surface area (Å²) in [4.78, 5) is 14.8. The van der Waals surface area contributed by atoms with Crippen LogP contribution in [0.3, 0.4) is 0 Å². The molecule has 0 aromatic heterocycles. The zero-order valence-electron chi connectivity index (χ0n) is 13.8. The van der Waals surface area contributed by atoms with E-state index in [0.717, 1.165) is 38.7 Å². The van der Waals surface area contributed by atoms with E-state index in [1.165, 1.54) is 5.56 Å². The van der Waals surface area contributed by atoms with E-state index in [1.807, 2.05) is 23.1 Å². The van der Waals surface area contributed by atoms with Crippen molar-refractivity contribution in [2.45, 2.75) is 57.2 Å². The quantitative estimate of drug-likeness (QED) is 0.878. The maximum absolute atomic E-state index is 12.9. The first-order chi connectivity index (χ1) is 11.2. The summed E-state index contributed by atoms with van der Waals surface area (Å²) in [5, 5.41) is 0. The third kappa shape index (κ3) is 4.55. The van der Waals surface area contributed by atoms with E-state index in [2.05, 4.69) is 12.1 Å². The van der Waals surface area contributed by atoms with Crippen molar-refractivity contribution in [3.8, 4) is 0 Å². The number of amides is 1. The number of nitrogens with zero attached hydrogens (tertiary/aromatic N) is 1. The van der Waals surface area contributed by atoms with Crippen molar-refractivity contribution in [2.75, 3.05) is 13.2 Å². The molecule has 1 unspecified atom stereocenters. The molecule has 0 spiro atoms. The maximum Gasteiger partial charge on any atom is 0.223 e. The van der Waals surface area contributed by atoms with Crippen molar-refractivity contribution in [3.63, 3.8) is 0 Å². The summed E-state index contributed by atoms with van der Waals surface area (Å²) in [6, 6.07) is 10.4. The normalized spacial score (nSPS) is 27.3. The number of carbonyl (C=O) groups excluding carboxylic acids is 1. The lowest BCUT2D eigenvalue weighted by atomic mass is 9.99.